The number of benzene rings is 1. The van der Waals surface area contributed by atoms with Crippen LogP contribution in [-0.2, 0) is 4.79 Å². The lowest BCUT2D eigenvalue weighted by atomic mass is 10.1. The Kier molecular flexibility index (Phi) is 5.49. The molecular weight excluding hydrogens is 268 g/mol. The van der Waals surface area contributed by atoms with E-state index in [9.17, 15) is 4.79 Å². The van der Waals surface area contributed by atoms with Gasteiger partial charge in [-0.3, -0.25) is 4.79 Å². The number of carbonyl (C=O) groups excluding carboxylic acids is 1. The molecule has 4 heteroatoms. The van der Waals surface area contributed by atoms with Crippen molar-refractivity contribution in [1.29, 1.82) is 0 Å². The second-order valence-corrected chi connectivity index (χ2v) is 4.57. The van der Waals surface area contributed by atoms with Gasteiger partial charge in [0, 0.05) is 30.5 Å². The van der Waals surface area contributed by atoms with Crippen LogP contribution >= 0.6 is 15.9 Å². The summed E-state index contributed by atoms with van der Waals surface area (Å²) in [4.78, 5) is 11.0. The summed E-state index contributed by atoms with van der Waals surface area (Å²) in [6, 6.07) is 8.44. The molecule has 0 radical (unpaired) electrons. The fourth-order valence-electron chi connectivity index (χ4n) is 1.40. The molecule has 16 heavy (non-hydrogen) atoms. The quantitative estimate of drug-likeness (QED) is 0.871. The third-order valence-corrected chi connectivity index (χ3v) is 2.98. The molecule has 0 spiro atoms. The van der Waals surface area contributed by atoms with Gasteiger partial charge in [0.1, 0.15) is 0 Å². The number of hydrogen-bond donors (Lipinski definition) is 2. The van der Waals surface area contributed by atoms with Gasteiger partial charge in [-0.25, -0.2) is 0 Å². The molecule has 0 aliphatic rings. The molecule has 1 amide bonds. The summed E-state index contributed by atoms with van der Waals surface area (Å²) in [6.07, 6.45) is 0.511. The molecule has 0 bridgehead atoms. The van der Waals surface area contributed by atoms with Crippen LogP contribution in [0, 0.1) is 0 Å². The van der Waals surface area contributed by atoms with Crippen LogP contribution in [0.2, 0.25) is 0 Å². The summed E-state index contributed by atoms with van der Waals surface area (Å²) in [5, 5.41) is 5.91. The van der Waals surface area contributed by atoms with E-state index >= 15 is 0 Å². The molecular formula is C12H17BrN2O. The second kappa shape index (κ2) is 6.66. The van der Waals surface area contributed by atoms with Crippen molar-refractivity contribution in [2.24, 2.45) is 0 Å². The van der Waals surface area contributed by atoms with Crippen LogP contribution in [0.25, 0.3) is 0 Å². The Morgan fingerprint density at radius 1 is 1.38 bits per heavy atom. The van der Waals surface area contributed by atoms with Crippen LogP contribution in [0.3, 0.4) is 0 Å². The average molecular weight is 285 g/mol. The van der Waals surface area contributed by atoms with Gasteiger partial charge in [0.2, 0.25) is 5.91 Å². The van der Waals surface area contributed by atoms with Crippen molar-refractivity contribution in [3.05, 3.63) is 34.3 Å². The first-order valence-corrected chi connectivity index (χ1v) is 6.12. The van der Waals surface area contributed by atoms with Crippen LogP contribution in [0.5, 0.6) is 0 Å². The molecule has 0 heterocycles. The van der Waals surface area contributed by atoms with E-state index < -0.39 is 0 Å². The molecule has 2 N–H and O–H groups in total. The summed E-state index contributed by atoms with van der Waals surface area (Å²) in [5.74, 6) is 0.0653. The summed E-state index contributed by atoms with van der Waals surface area (Å²) in [6.45, 7) is 2.78. The molecule has 0 saturated carbocycles. The number of rotatable bonds is 5. The predicted molar refractivity (Wildman–Crippen MR) is 69.2 cm³/mol. The first-order valence-electron chi connectivity index (χ1n) is 5.33. The van der Waals surface area contributed by atoms with Gasteiger partial charge < -0.3 is 10.6 Å². The molecule has 1 aromatic carbocycles. The number of amides is 1. The smallest absolute Gasteiger partial charge is 0.221 e. The Hall–Kier alpha value is -0.870. The first-order chi connectivity index (χ1) is 7.63. The molecule has 1 rings (SSSR count). The molecule has 1 unspecified atom stereocenters. The maximum absolute atomic E-state index is 11.0. The highest BCUT2D eigenvalue weighted by molar-refractivity contribution is 9.10. The van der Waals surface area contributed by atoms with Crippen LogP contribution in [0.15, 0.2) is 28.7 Å². The van der Waals surface area contributed by atoms with Gasteiger partial charge in [0.05, 0.1) is 0 Å². The zero-order valence-electron chi connectivity index (χ0n) is 9.59. The van der Waals surface area contributed by atoms with Crippen LogP contribution in [0.4, 0.5) is 0 Å². The molecule has 3 nitrogen and oxygen atoms in total. The monoisotopic (exact) mass is 284 g/mol. The minimum absolute atomic E-state index is 0.0653. The van der Waals surface area contributed by atoms with Crippen molar-refractivity contribution < 1.29 is 4.79 Å². The number of halogens is 1. The summed E-state index contributed by atoms with van der Waals surface area (Å²) >= 11 is 3.40. The van der Waals surface area contributed by atoms with Gasteiger partial charge in [-0.15, -0.1) is 0 Å². The lowest BCUT2D eigenvalue weighted by molar-refractivity contribution is -0.120. The number of nitrogens with one attached hydrogen (secondary N) is 2. The molecule has 0 fully saturated rings. The van der Waals surface area contributed by atoms with Crippen molar-refractivity contribution >= 4 is 21.8 Å². The summed E-state index contributed by atoms with van der Waals surface area (Å²) in [5.41, 5.74) is 1.22. The standard InChI is InChI=1S/C12H17BrN2O/c1-9(15-8-7-12(16)14-2)10-3-5-11(13)6-4-10/h3-6,9,15H,7-8H2,1-2H3,(H,14,16). The molecule has 1 atom stereocenters. The normalized spacial score (nSPS) is 12.2. The SMILES string of the molecule is CNC(=O)CCNC(C)c1ccc(Br)cc1. The fraction of sp³-hybridized carbons (Fsp3) is 0.417. The highest BCUT2D eigenvalue weighted by Crippen LogP contribution is 2.16. The third kappa shape index (κ3) is 4.33. The maximum atomic E-state index is 11.0. The van der Waals surface area contributed by atoms with E-state index in [-0.39, 0.29) is 11.9 Å². The van der Waals surface area contributed by atoms with Gasteiger partial charge in [-0.05, 0) is 24.6 Å². The predicted octanol–water partition coefficient (Wildman–Crippen LogP) is 2.24. The highest BCUT2D eigenvalue weighted by atomic mass is 79.9. The van der Waals surface area contributed by atoms with Gasteiger partial charge >= 0.3 is 0 Å². The molecule has 0 saturated heterocycles. The van der Waals surface area contributed by atoms with E-state index in [0.29, 0.717) is 13.0 Å². The Bertz CT molecular complexity index is 337. The summed E-state index contributed by atoms with van der Waals surface area (Å²) in [7, 11) is 1.65. The Labute approximate surface area is 105 Å². The molecule has 0 aliphatic heterocycles. The van der Waals surface area contributed by atoms with E-state index in [1.807, 2.05) is 12.1 Å². The minimum atomic E-state index is 0.0653. The Morgan fingerprint density at radius 3 is 2.56 bits per heavy atom. The van der Waals surface area contributed by atoms with Crippen LogP contribution in [-0.4, -0.2) is 19.5 Å². The number of hydrogen-bond acceptors (Lipinski definition) is 2. The number of carbonyl (C=O) groups is 1. The zero-order valence-corrected chi connectivity index (χ0v) is 11.2. The highest BCUT2D eigenvalue weighted by Gasteiger charge is 2.05. The lowest BCUT2D eigenvalue weighted by Crippen LogP contribution is -2.26. The van der Waals surface area contributed by atoms with Crippen molar-refractivity contribution in [3.63, 3.8) is 0 Å². The van der Waals surface area contributed by atoms with E-state index in [1.54, 1.807) is 7.05 Å². The first kappa shape index (κ1) is 13.2. The molecule has 88 valence electrons. The van der Waals surface area contributed by atoms with Gasteiger partial charge in [-0.2, -0.15) is 0 Å². The topological polar surface area (TPSA) is 41.1 Å². The van der Waals surface area contributed by atoms with Crippen molar-refractivity contribution in [1.82, 2.24) is 10.6 Å². The van der Waals surface area contributed by atoms with E-state index in [2.05, 4.69) is 45.6 Å². The van der Waals surface area contributed by atoms with Gasteiger partial charge in [-0.1, -0.05) is 28.1 Å². The van der Waals surface area contributed by atoms with Gasteiger partial charge in [0.25, 0.3) is 0 Å². The zero-order chi connectivity index (χ0) is 12.0. The van der Waals surface area contributed by atoms with Crippen molar-refractivity contribution in [3.8, 4) is 0 Å². The van der Waals surface area contributed by atoms with Crippen LogP contribution < -0.4 is 10.6 Å². The van der Waals surface area contributed by atoms with E-state index in [0.717, 1.165) is 4.47 Å². The molecule has 0 aliphatic carbocycles. The largest absolute Gasteiger partial charge is 0.359 e. The lowest BCUT2D eigenvalue weighted by Gasteiger charge is -2.13. The second-order valence-electron chi connectivity index (χ2n) is 3.65. The Balaban J connectivity index is 2.37. The van der Waals surface area contributed by atoms with Crippen LogP contribution in [0.1, 0.15) is 24.9 Å². The summed E-state index contributed by atoms with van der Waals surface area (Å²) < 4.78 is 1.08. The molecule has 0 aromatic heterocycles. The average Bonchev–Trinajstić information content (AvgIpc) is 2.29. The van der Waals surface area contributed by atoms with Crippen molar-refractivity contribution in [2.45, 2.75) is 19.4 Å². The molecule has 1 aromatic rings. The fourth-order valence-corrected chi connectivity index (χ4v) is 1.66. The van der Waals surface area contributed by atoms with Crippen molar-refractivity contribution in [2.75, 3.05) is 13.6 Å². The Morgan fingerprint density at radius 2 is 2.00 bits per heavy atom. The maximum Gasteiger partial charge on any atom is 0.221 e. The third-order valence-electron chi connectivity index (χ3n) is 2.45. The van der Waals surface area contributed by atoms with Gasteiger partial charge in [0.15, 0.2) is 0 Å². The van der Waals surface area contributed by atoms with E-state index in [4.69, 9.17) is 0 Å². The minimum Gasteiger partial charge on any atom is -0.359 e. The van der Waals surface area contributed by atoms with E-state index in [1.165, 1.54) is 5.56 Å².